The molecule has 0 unspecified atom stereocenters. The fourth-order valence-electron chi connectivity index (χ4n) is 3.14. The number of hydrogen-bond acceptors (Lipinski definition) is 11. The van der Waals surface area contributed by atoms with Crippen LogP contribution in [0.2, 0.25) is 0 Å². The van der Waals surface area contributed by atoms with Crippen molar-refractivity contribution in [1.82, 2.24) is 15.5 Å². The molecule has 0 aromatic carbocycles. The van der Waals surface area contributed by atoms with Crippen LogP contribution in [0.3, 0.4) is 0 Å². The van der Waals surface area contributed by atoms with Crippen molar-refractivity contribution in [2.45, 2.75) is 46.1 Å². The van der Waals surface area contributed by atoms with Gasteiger partial charge in [-0.25, -0.2) is 0 Å². The highest BCUT2D eigenvalue weighted by molar-refractivity contribution is 7.72. The molecule has 2 N–H and O–H groups in total. The van der Waals surface area contributed by atoms with Crippen LogP contribution in [0.25, 0.3) is 0 Å². The molecule has 0 aromatic rings. The van der Waals surface area contributed by atoms with E-state index < -0.39 is 32.6 Å². The second-order valence-electron chi connectivity index (χ2n) is 7.00. The number of carbonyl (C=O) groups excluding carboxylic acids is 2. The van der Waals surface area contributed by atoms with Crippen molar-refractivity contribution >= 4 is 27.1 Å². The number of piperazine rings is 1. The van der Waals surface area contributed by atoms with Crippen LogP contribution in [0.5, 0.6) is 0 Å². The molecular formula is C19H39N3O9P2. The molecule has 1 rings (SSSR count). The van der Waals surface area contributed by atoms with Crippen molar-refractivity contribution in [3.8, 4) is 0 Å². The number of nitrogens with one attached hydrogen (secondary N) is 2. The van der Waals surface area contributed by atoms with E-state index in [2.05, 4.69) is 15.5 Å². The predicted octanol–water partition coefficient (Wildman–Crippen LogP) is 2.15. The molecule has 0 aromatic heterocycles. The lowest BCUT2D eigenvalue weighted by atomic mass is 10.3. The molecule has 1 saturated heterocycles. The summed E-state index contributed by atoms with van der Waals surface area (Å²) in [6.45, 7) is 10.7. The first-order chi connectivity index (χ1) is 15.7. The van der Waals surface area contributed by atoms with E-state index in [-0.39, 0.29) is 45.9 Å². The maximum atomic E-state index is 13.4. The molecule has 0 saturated carbocycles. The van der Waals surface area contributed by atoms with Crippen molar-refractivity contribution < 1.29 is 41.6 Å². The van der Waals surface area contributed by atoms with Crippen molar-refractivity contribution in [3.63, 3.8) is 0 Å². The minimum Gasteiger partial charge on any atom is -0.464 e. The van der Waals surface area contributed by atoms with Crippen LogP contribution in [0.15, 0.2) is 0 Å². The minimum atomic E-state index is -4.12. The number of carbonyl (C=O) groups is 2. The van der Waals surface area contributed by atoms with Gasteiger partial charge in [0.25, 0.3) is 0 Å². The van der Waals surface area contributed by atoms with Gasteiger partial charge < -0.3 is 33.5 Å². The largest absolute Gasteiger partial charge is 0.464 e. The van der Waals surface area contributed by atoms with Gasteiger partial charge in [-0.05, 0) is 27.7 Å². The quantitative estimate of drug-likeness (QED) is 0.217. The zero-order valence-corrected chi connectivity index (χ0v) is 21.9. The Labute approximate surface area is 196 Å². The Bertz CT molecular complexity index is 639. The molecule has 0 bridgehead atoms. The lowest BCUT2D eigenvalue weighted by Crippen LogP contribution is -2.44. The summed E-state index contributed by atoms with van der Waals surface area (Å²) >= 11 is 0. The standard InChI is InChI=1S/C19H39N3O9P2/c1-5-28-32(25,29-6-2)19(33(26,30-7-3)31-8-4)21-17(23)9-10-18(24)27-16-15-22-13-11-20-12-14-22/h19-20H,5-16H2,1-4H3,(H,21,23). The highest BCUT2D eigenvalue weighted by atomic mass is 31.2. The number of nitrogens with zero attached hydrogens (tertiary/aromatic N) is 1. The fourth-order valence-corrected chi connectivity index (χ4v) is 8.08. The second kappa shape index (κ2) is 15.9. The SMILES string of the molecule is CCOP(=O)(OCC)C(NC(=O)CCC(=O)OCCN1CCNCC1)P(=O)(OCC)OCC. The number of hydrogen-bond donors (Lipinski definition) is 2. The van der Waals surface area contributed by atoms with Crippen LogP contribution in [-0.4, -0.2) is 88.1 Å². The zero-order chi connectivity index (χ0) is 24.7. The maximum absolute atomic E-state index is 13.4. The van der Waals surface area contributed by atoms with E-state index in [1.807, 2.05) is 0 Å². The molecule has 33 heavy (non-hydrogen) atoms. The van der Waals surface area contributed by atoms with Crippen LogP contribution >= 0.6 is 15.2 Å². The summed E-state index contributed by atoms with van der Waals surface area (Å²) in [6, 6.07) is 0. The van der Waals surface area contributed by atoms with Gasteiger partial charge >= 0.3 is 21.2 Å². The van der Waals surface area contributed by atoms with Crippen LogP contribution in [0, 0.1) is 0 Å². The summed E-state index contributed by atoms with van der Waals surface area (Å²) < 4.78 is 53.1. The predicted molar refractivity (Wildman–Crippen MR) is 123 cm³/mol. The summed E-state index contributed by atoms with van der Waals surface area (Å²) in [5.41, 5.74) is -1.67. The van der Waals surface area contributed by atoms with Crippen LogP contribution in [0.4, 0.5) is 0 Å². The van der Waals surface area contributed by atoms with Gasteiger partial charge in [-0.1, -0.05) is 0 Å². The van der Waals surface area contributed by atoms with Gasteiger partial charge in [-0.3, -0.25) is 23.6 Å². The molecule has 0 spiro atoms. The van der Waals surface area contributed by atoms with Gasteiger partial charge in [0, 0.05) is 39.1 Å². The van der Waals surface area contributed by atoms with Gasteiger partial charge in [-0.2, -0.15) is 0 Å². The van der Waals surface area contributed by atoms with Crippen molar-refractivity contribution in [2.24, 2.45) is 0 Å². The monoisotopic (exact) mass is 515 g/mol. The zero-order valence-electron chi connectivity index (χ0n) is 20.1. The third-order valence-corrected chi connectivity index (χ3v) is 10.2. The molecule has 0 atom stereocenters. The Morgan fingerprint density at radius 3 is 1.82 bits per heavy atom. The molecular weight excluding hydrogens is 476 g/mol. The molecule has 1 aliphatic rings. The molecule has 12 nitrogen and oxygen atoms in total. The number of rotatable bonds is 17. The van der Waals surface area contributed by atoms with Crippen molar-refractivity contribution in [1.29, 1.82) is 0 Å². The third kappa shape index (κ3) is 10.5. The van der Waals surface area contributed by atoms with Crippen LogP contribution < -0.4 is 10.6 Å². The van der Waals surface area contributed by atoms with Crippen LogP contribution in [-0.2, 0) is 41.6 Å². The molecule has 0 radical (unpaired) electrons. The Morgan fingerprint density at radius 1 is 0.879 bits per heavy atom. The summed E-state index contributed by atoms with van der Waals surface area (Å²) in [6.07, 6.45) is -0.458. The first-order valence-corrected chi connectivity index (χ1v) is 14.6. The van der Waals surface area contributed by atoms with Gasteiger partial charge in [0.1, 0.15) is 6.61 Å². The average molecular weight is 515 g/mol. The number of esters is 1. The lowest BCUT2D eigenvalue weighted by molar-refractivity contribution is -0.145. The summed E-state index contributed by atoms with van der Waals surface area (Å²) in [7, 11) is -8.23. The average Bonchev–Trinajstić information content (AvgIpc) is 2.77. The smallest absolute Gasteiger partial charge is 0.365 e. The number of ether oxygens (including phenoxy) is 1. The highest BCUT2D eigenvalue weighted by Gasteiger charge is 2.52. The normalized spacial score (nSPS) is 15.5. The highest BCUT2D eigenvalue weighted by Crippen LogP contribution is 2.69. The molecule has 1 heterocycles. The van der Waals surface area contributed by atoms with E-state index in [1.54, 1.807) is 27.7 Å². The molecule has 1 fully saturated rings. The molecule has 14 heteroatoms. The van der Waals surface area contributed by atoms with E-state index in [0.29, 0.717) is 6.54 Å². The lowest BCUT2D eigenvalue weighted by Gasteiger charge is -2.31. The van der Waals surface area contributed by atoms with Crippen molar-refractivity contribution in [2.75, 3.05) is 65.8 Å². The first kappa shape index (κ1) is 30.2. The Morgan fingerprint density at radius 2 is 1.36 bits per heavy atom. The van der Waals surface area contributed by atoms with Gasteiger partial charge in [0.15, 0.2) is 0 Å². The molecule has 1 amide bonds. The van der Waals surface area contributed by atoms with Gasteiger partial charge in [0.05, 0.1) is 32.8 Å². The summed E-state index contributed by atoms with van der Waals surface area (Å²) in [4.78, 5) is 26.8. The topological polar surface area (TPSA) is 142 Å². The van der Waals surface area contributed by atoms with Gasteiger partial charge in [0.2, 0.25) is 11.4 Å². The molecule has 1 aliphatic heterocycles. The summed E-state index contributed by atoms with van der Waals surface area (Å²) in [5, 5.41) is 5.66. The van der Waals surface area contributed by atoms with Crippen molar-refractivity contribution in [3.05, 3.63) is 0 Å². The van der Waals surface area contributed by atoms with Crippen LogP contribution in [0.1, 0.15) is 40.5 Å². The summed E-state index contributed by atoms with van der Waals surface area (Å²) in [5.74, 6) is -1.22. The third-order valence-electron chi connectivity index (χ3n) is 4.56. The van der Waals surface area contributed by atoms with E-state index in [0.717, 1.165) is 26.2 Å². The van der Waals surface area contributed by atoms with E-state index in [4.69, 9.17) is 22.8 Å². The Balaban J connectivity index is 2.74. The Kier molecular flexibility index (Phi) is 14.6. The first-order valence-electron chi connectivity index (χ1n) is 11.4. The number of amides is 1. The van der Waals surface area contributed by atoms with E-state index in [1.165, 1.54) is 0 Å². The minimum absolute atomic E-state index is 0.0126. The molecule has 0 aliphatic carbocycles. The molecule has 194 valence electrons. The Hall–Kier alpha value is -0.840. The van der Waals surface area contributed by atoms with Gasteiger partial charge in [-0.15, -0.1) is 0 Å². The fraction of sp³-hybridized carbons (Fsp3) is 0.895. The maximum Gasteiger partial charge on any atom is 0.365 e. The second-order valence-corrected chi connectivity index (χ2v) is 11.6. The van der Waals surface area contributed by atoms with E-state index in [9.17, 15) is 18.7 Å². The van der Waals surface area contributed by atoms with E-state index >= 15 is 0 Å².